The highest BCUT2D eigenvalue weighted by Gasteiger charge is 2.12. The number of rotatable bonds is 7. The maximum Gasteiger partial charge on any atom is 0.221 e. The molecule has 0 heterocycles. The molecule has 0 saturated carbocycles. The van der Waals surface area contributed by atoms with E-state index in [4.69, 9.17) is 5.11 Å². The average Bonchev–Trinajstić information content (AvgIpc) is 2.13. The molecule has 0 bridgehead atoms. The minimum absolute atomic E-state index is 0.0425. The van der Waals surface area contributed by atoms with Crippen LogP contribution in [0.1, 0.15) is 26.7 Å². The van der Waals surface area contributed by atoms with Gasteiger partial charge in [0.15, 0.2) is 0 Å². The van der Waals surface area contributed by atoms with Gasteiger partial charge >= 0.3 is 0 Å². The molecule has 5 heteroatoms. The smallest absolute Gasteiger partial charge is 0.221 e. The van der Waals surface area contributed by atoms with Crippen molar-refractivity contribution < 1.29 is 14.1 Å². The van der Waals surface area contributed by atoms with Crippen molar-refractivity contribution in [2.45, 2.75) is 32.7 Å². The lowest BCUT2D eigenvalue weighted by atomic mass is 10.0. The number of carbonyl (C=O) groups is 1. The summed E-state index contributed by atoms with van der Waals surface area (Å²) in [6.07, 6.45) is 2.60. The largest absolute Gasteiger partial charge is 0.394 e. The molecule has 0 rings (SSSR count). The van der Waals surface area contributed by atoms with E-state index in [2.05, 4.69) is 5.32 Å². The molecule has 4 nitrogen and oxygen atoms in total. The Kier molecular flexibility index (Phi) is 7.60. The zero-order valence-electron chi connectivity index (χ0n) is 9.66. The molecule has 0 aliphatic rings. The van der Waals surface area contributed by atoms with Crippen LogP contribution >= 0.6 is 0 Å². The molecule has 0 aromatic carbocycles. The van der Waals surface area contributed by atoms with Crippen molar-refractivity contribution in [2.75, 3.05) is 18.6 Å². The Labute approximate surface area is 93.9 Å². The summed E-state index contributed by atoms with van der Waals surface area (Å²) < 4.78 is 10.8. The number of amides is 1. The highest BCUT2D eigenvalue weighted by atomic mass is 32.2. The van der Waals surface area contributed by atoms with Crippen LogP contribution in [0.25, 0.3) is 0 Å². The monoisotopic (exact) mass is 235 g/mol. The summed E-state index contributed by atoms with van der Waals surface area (Å²) >= 11 is 0. The molecule has 0 aromatic heterocycles. The van der Waals surface area contributed by atoms with E-state index >= 15 is 0 Å². The summed E-state index contributed by atoms with van der Waals surface area (Å²) in [6.45, 7) is 4.03. The molecule has 0 aliphatic heterocycles. The third kappa shape index (κ3) is 8.57. The summed E-state index contributed by atoms with van der Waals surface area (Å²) in [5.74, 6) is 0.679. The number of hydrogen-bond acceptors (Lipinski definition) is 3. The van der Waals surface area contributed by atoms with Crippen LogP contribution in [0.15, 0.2) is 0 Å². The predicted molar refractivity (Wildman–Crippen MR) is 62.0 cm³/mol. The van der Waals surface area contributed by atoms with Gasteiger partial charge in [-0.25, -0.2) is 0 Å². The molecule has 90 valence electrons. The number of aliphatic hydroxyl groups is 1. The zero-order valence-corrected chi connectivity index (χ0v) is 10.5. The second kappa shape index (κ2) is 7.82. The third-order valence-corrected chi connectivity index (χ3v) is 2.74. The van der Waals surface area contributed by atoms with Crippen molar-refractivity contribution in [3.05, 3.63) is 0 Å². The Balaban J connectivity index is 3.85. The minimum atomic E-state index is -0.937. The second-order valence-corrected chi connectivity index (χ2v) is 5.66. The number of aliphatic hydroxyl groups excluding tert-OH is 1. The van der Waals surface area contributed by atoms with Gasteiger partial charge in [0.1, 0.15) is 0 Å². The van der Waals surface area contributed by atoms with Crippen LogP contribution in [0.2, 0.25) is 0 Å². The van der Waals surface area contributed by atoms with Gasteiger partial charge in [0, 0.05) is 29.2 Å². The van der Waals surface area contributed by atoms with Gasteiger partial charge in [0.2, 0.25) is 5.91 Å². The van der Waals surface area contributed by atoms with Gasteiger partial charge in [0.25, 0.3) is 0 Å². The first kappa shape index (κ1) is 14.6. The van der Waals surface area contributed by atoms with Crippen molar-refractivity contribution in [3.63, 3.8) is 0 Å². The Morgan fingerprint density at radius 2 is 2.07 bits per heavy atom. The first-order valence-corrected chi connectivity index (χ1v) is 6.88. The first-order chi connectivity index (χ1) is 6.95. The van der Waals surface area contributed by atoms with Gasteiger partial charge in [-0.3, -0.25) is 9.00 Å². The van der Waals surface area contributed by atoms with Crippen LogP contribution in [-0.4, -0.2) is 39.9 Å². The molecule has 2 unspecified atom stereocenters. The Morgan fingerprint density at radius 1 is 1.47 bits per heavy atom. The van der Waals surface area contributed by atoms with E-state index in [1.807, 2.05) is 13.8 Å². The zero-order chi connectivity index (χ0) is 11.8. The molecule has 0 aromatic rings. The SMILES string of the molecule is CC(C)CC(CO)NC(=O)CCS(C)=O. The maximum absolute atomic E-state index is 11.3. The molecule has 2 atom stereocenters. The van der Waals surface area contributed by atoms with Gasteiger partial charge in [-0.1, -0.05) is 13.8 Å². The molecule has 0 aliphatic carbocycles. The van der Waals surface area contributed by atoms with E-state index in [1.54, 1.807) is 6.26 Å². The van der Waals surface area contributed by atoms with Crippen molar-refractivity contribution in [1.82, 2.24) is 5.32 Å². The fourth-order valence-electron chi connectivity index (χ4n) is 1.28. The average molecular weight is 235 g/mol. The Hall–Kier alpha value is -0.420. The van der Waals surface area contributed by atoms with Gasteiger partial charge in [-0.05, 0) is 12.3 Å². The van der Waals surface area contributed by atoms with Crippen LogP contribution < -0.4 is 5.32 Å². The van der Waals surface area contributed by atoms with Crippen LogP contribution in [0, 0.1) is 5.92 Å². The van der Waals surface area contributed by atoms with E-state index < -0.39 is 10.8 Å². The Morgan fingerprint density at radius 3 is 2.47 bits per heavy atom. The van der Waals surface area contributed by atoms with Crippen molar-refractivity contribution in [3.8, 4) is 0 Å². The molecule has 0 radical (unpaired) electrons. The highest BCUT2D eigenvalue weighted by molar-refractivity contribution is 7.84. The molecule has 0 spiro atoms. The summed E-state index contributed by atoms with van der Waals surface area (Å²) in [6, 6.07) is -0.178. The molecular formula is C10H21NO3S. The molecule has 0 saturated heterocycles. The lowest BCUT2D eigenvalue weighted by molar-refractivity contribution is -0.121. The molecule has 15 heavy (non-hydrogen) atoms. The van der Waals surface area contributed by atoms with E-state index in [0.29, 0.717) is 11.7 Å². The van der Waals surface area contributed by atoms with Crippen molar-refractivity contribution in [2.24, 2.45) is 5.92 Å². The van der Waals surface area contributed by atoms with Crippen molar-refractivity contribution in [1.29, 1.82) is 0 Å². The number of nitrogens with one attached hydrogen (secondary N) is 1. The molecule has 1 amide bonds. The summed E-state index contributed by atoms with van der Waals surface area (Å²) in [4.78, 5) is 11.3. The molecule has 2 N–H and O–H groups in total. The Bertz CT molecular complexity index is 219. The topological polar surface area (TPSA) is 66.4 Å². The van der Waals surface area contributed by atoms with Gasteiger partial charge in [-0.15, -0.1) is 0 Å². The van der Waals surface area contributed by atoms with E-state index in [9.17, 15) is 9.00 Å². The maximum atomic E-state index is 11.3. The van der Waals surface area contributed by atoms with Gasteiger partial charge in [0.05, 0.1) is 12.6 Å². The lowest BCUT2D eigenvalue weighted by Gasteiger charge is -2.17. The highest BCUT2D eigenvalue weighted by Crippen LogP contribution is 2.04. The molecular weight excluding hydrogens is 214 g/mol. The van der Waals surface area contributed by atoms with Gasteiger partial charge < -0.3 is 10.4 Å². The summed E-state index contributed by atoms with van der Waals surface area (Å²) in [7, 11) is -0.937. The van der Waals surface area contributed by atoms with Crippen LogP contribution in [-0.2, 0) is 15.6 Å². The minimum Gasteiger partial charge on any atom is -0.394 e. The normalized spacial score (nSPS) is 15.0. The van der Waals surface area contributed by atoms with Crippen LogP contribution in [0.5, 0.6) is 0 Å². The van der Waals surface area contributed by atoms with E-state index in [0.717, 1.165) is 6.42 Å². The lowest BCUT2D eigenvalue weighted by Crippen LogP contribution is -2.38. The fraction of sp³-hybridized carbons (Fsp3) is 0.900. The van der Waals surface area contributed by atoms with E-state index in [1.165, 1.54) is 0 Å². The summed E-state index contributed by atoms with van der Waals surface area (Å²) in [5, 5.41) is 11.8. The third-order valence-electron chi connectivity index (χ3n) is 1.96. The van der Waals surface area contributed by atoms with E-state index in [-0.39, 0.29) is 25.0 Å². The fourth-order valence-corrected chi connectivity index (χ4v) is 1.76. The van der Waals surface area contributed by atoms with Crippen LogP contribution in [0.3, 0.4) is 0 Å². The van der Waals surface area contributed by atoms with Crippen LogP contribution in [0.4, 0.5) is 0 Å². The van der Waals surface area contributed by atoms with Gasteiger partial charge in [-0.2, -0.15) is 0 Å². The number of carbonyl (C=O) groups excluding carboxylic acids is 1. The van der Waals surface area contributed by atoms with Crippen molar-refractivity contribution >= 4 is 16.7 Å². The quantitative estimate of drug-likeness (QED) is 0.666. The number of hydrogen-bond donors (Lipinski definition) is 2. The summed E-state index contributed by atoms with van der Waals surface area (Å²) in [5.41, 5.74) is 0. The second-order valence-electron chi connectivity index (χ2n) is 4.10. The predicted octanol–water partition coefficient (Wildman–Crippen LogP) is 0.278. The first-order valence-electron chi connectivity index (χ1n) is 5.16. The standard InChI is InChI=1S/C10H21NO3S/c1-8(2)6-9(7-12)11-10(13)4-5-15(3)14/h8-9,12H,4-7H2,1-3H3,(H,11,13). The molecule has 0 fully saturated rings.